The van der Waals surface area contributed by atoms with E-state index < -0.39 is 17.5 Å². The van der Waals surface area contributed by atoms with Crippen LogP contribution >= 0.6 is 11.1 Å². The van der Waals surface area contributed by atoms with Crippen molar-refractivity contribution in [3.8, 4) is 0 Å². The van der Waals surface area contributed by atoms with E-state index in [1.54, 1.807) is 0 Å². The van der Waals surface area contributed by atoms with Crippen LogP contribution in [0.4, 0.5) is 0 Å². The Labute approximate surface area is 202 Å². The average Bonchev–Trinajstić information content (AvgIpc) is 3.18. The molecule has 0 aromatic carbocycles. The number of hydrogen-bond donors (Lipinski definition) is 1. The van der Waals surface area contributed by atoms with Crippen LogP contribution in [0.2, 0.25) is 6.04 Å². The highest BCUT2D eigenvalue weighted by atomic mass is 35.6. The summed E-state index contributed by atoms with van der Waals surface area (Å²) in [6.07, 6.45) is 8.86. The quantitative estimate of drug-likeness (QED) is 0.421. The Kier molecular flexibility index (Phi) is 14.2. The number of nitrogens with zero attached hydrogens (tertiary/aromatic N) is 4. The molecule has 0 aliphatic carbocycles. The molecule has 0 saturated carbocycles. The van der Waals surface area contributed by atoms with E-state index in [9.17, 15) is 0 Å². The summed E-state index contributed by atoms with van der Waals surface area (Å²) < 4.78 is 9.78. The first-order valence-corrected chi connectivity index (χ1v) is 16.7. The molecule has 2 heterocycles. The minimum Gasteiger partial charge on any atom is -0.386 e. The smallest absolute Gasteiger partial charge is 0.349 e. The largest absolute Gasteiger partial charge is 0.386 e. The second-order valence-electron chi connectivity index (χ2n) is 10.4. The lowest BCUT2D eigenvalue weighted by Crippen LogP contribution is -2.49. The fourth-order valence-corrected chi connectivity index (χ4v) is 10.5. The van der Waals surface area contributed by atoms with Crippen LogP contribution in [0, 0.1) is 5.92 Å². The zero-order chi connectivity index (χ0) is 24.5. The maximum atomic E-state index is 6.36. The molecular formula is C23H52ClN5Si2. The Morgan fingerprint density at radius 1 is 0.613 bits per heavy atom. The van der Waals surface area contributed by atoms with Crippen molar-refractivity contribution in [2.45, 2.75) is 119 Å². The number of hydrogen-bond acceptors (Lipinski definition) is 5. The van der Waals surface area contributed by atoms with Crippen molar-refractivity contribution in [1.29, 1.82) is 0 Å². The van der Waals surface area contributed by atoms with Crippen molar-refractivity contribution in [2.75, 3.05) is 0 Å². The molecular weight excluding hydrogens is 438 g/mol. The maximum Gasteiger partial charge on any atom is 0.349 e. The van der Waals surface area contributed by atoms with E-state index in [2.05, 4.69) is 112 Å². The fraction of sp³-hybridized carbons (Fsp3) is 0.826. The van der Waals surface area contributed by atoms with Gasteiger partial charge in [-0.3, -0.25) is 0 Å². The predicted molar refractivity (Wildman–Crippen MR) is 145 cm³/mol. The first-order chi connectivity index (χ1) is 14.2. The number of halogens is 1. The molecule has 0 atom stereocenters. The fourth-order valence-electron chi connectivity index (χ4n) is 3.49. The Hall–Kier alpha value is -0.636. The van der Waals surface area contributed by atoms with Gasteiger partial charge in [-0.1, -0.05) is 27.7 Å². The second-order valence-corrected chi connectivity index (χ2v) is 16.0. The summed E-state index contributed by atoms with van der Waals surface area (Å²) in [5, 5.41) is 0. The van der Waals surface area contributed by atoms with Crippen molar-refractivity contribution >= 4 is 28.6 Å². The van der Waals surface area contributed by atoms with Crippen LogP contribution in [0.5, 0.6) is 0 Å². The maximum absolute atomic E-state index is 6.36. The molecule has 0 spiro atoms. The summed E-state index contributed by atoms with van der Waals surface area (Å²) in [5.41, 5.74) is 5.11. The molecule has 0 fully saturated rings. The molecule has 8 heteroatoms. The van der Waals surface area contributed by atoms with Gasteiger partial charge in [0.25, 0.3) is 0 Å². The van der Waals surface area contributed by atoms with Crippen molar-refractivity contribution in [1.82, 2.24) is 18.3 Å². The van der Waals surface area contributed by atoms with Gasteiger partial charge in [-0.25, -0.2) is 0 Å². The molecule has 0 amide bonds. The third-order valence-corrected chi connectivity index (χ3v) is 13.2. The van der Waals surface area contributed by atoms with Crippen molar-refractivity contribution < 1.29 is 0 Å². The summed E-state index contributed by atoms with van der Waals surface area (Å²) in [6.45, 7) is 26.5. The molecule has 0 bridgehead atoms. The predicted octanol–water partition coefficient (Wildman–Crippen LogP) is 4.97. The van der Waals surface area contributed by atoms with Gasteiger partial charge < -0.3 is 24.0 Å². The van der Waals surface area contributed by atoms with Gasteiger partial charge in [0.15, 0.2) is 0 Å². The van der Waals surface area contributed by atoms with Crippen molar-refractivity contribution in [3.05, 3.63) is 24.8 Å². The van der Waals surface area contributed by atoms with Gasteiger partial charge in [0.05, 0.1) is 0 Å². The van der Waals surface area contributed by atoms with Gasteiger partial charge in [0.1, 0.15) is 0 Å². The van der Waals surface area contributed by atoms with E-state index in [0.717, 1.165) is 5.92 Å². The monoisotopic (exact) mass is 489 g/mol. The molecule has 2 rings (SSSR count). The average molecular weight is 490 g/mol. The van der Waals surface area contributed by atoms with Crippen LogP contribution in [0.1, 0.15) is 83.1 Å². The van der Waals surface area contributed by atoms with E-state index in [1.165, 1.54) is 6.04 Å². The summed E-state index contributed by atoms with van der Waals surface area (Å²) >= 11 is 6.36. The van der Waals surface area contributed by atoms with Crippen LogP contribution in [0.15, 0.2) is 24.8 Å². The van der Waals surface area contributed by atoms with Crippen LogP contribution in [-0.2, 0) is 0 Å². The Morgan fingerprint density at radius 3 is 1.06 bits per heavy atom. The molecule has 2 aliphatic heterocycles. The molecule has 0 saturated heterocycles. The van der Waals surface area contributed by atoms with E-state index >= 15 is 0 Å². The standard InChI is InChI=1S/C12H26N2Si.C8H17ClN2Si.C3H9N/c1-10(2)9-15-13(11(3)4)7-8-14(15)12(5)6;1-7(2)10-5-6-11(8(3)4)12(10)9;1-3(2)4/h7-8,10-12,15H,9H2,1-6H3;5-8,12H,1-4H3;3H,4H2,1-2H3. The molecule has 0 unspecified atom stereocenters. The molecule has 0 aromatic heterocycles. The molecule has 2 N–H and O–H groups in total. The van der Waals surface area contributed by atoms with Gasteiger partial charge in [-0.05, 0) is 73.4 Å². The third-order valence-electron chi connectivity index (χ3n) is 5.07. The lowest BCUT2D eigenvalue weighted by molar-refractivity contribution is 0.411. The second kappa shape index (κ2) is 14.5. The van der Waals surface area contributed by atoms with Gasteiger partial charge in [0, 0.05) is 49.0 Å². The summed E-state index contributed by atoms with van der Waals surface area (Å²) in [4.78, 5) is 0. The topological polar surface area (TPSA) is 39.0 Å². The molecule has 2 aliphatic rings. The molecule has 0 aromatic rings. The molecule has 0 radical (unpaired) electrons. The Morgan fingerprint density at radius 2 is 0.871 bits per heavy atom. The molecule has 5 nitrogen and oxygen atoms in total. The van der Waals surface area contributed by atoms with Gasteiger partial charge in [-0.15, -0.1) is 11.1 Å². The van der Waals surface area contributed by atoms with E-state index in [-0.39, 0.29) is 0 Å². The molecule has 184 valence electrons. The highest BCUT2D eigenvalue weighted by Gasteiger charge is 2.32. The highest BCUT2D eigenvalue weighted by molar-refractivity contribution is 7.04. The Bertz CT molecular complexity index is 499. The summed E-state index contributed by atoms with van der Waals surface area (Å²) in [5.74, 6) is 0.809. The third kappa shape index (κ3) is 10.7. The van der Waals surface area contributed by atoms with Gasteiger partial charge in [0.2, 0.25) is 9.12 Å². The van der Waals surface area contributed by atoms with Crippen LogP contribution in [-0.4, -0.2) is 66.0 Å². The lowest BCUT2D eigenvalue weighted by Gasteiger charge is -2.36. The van der Waals surface area contributed by atoms with Gasteiger partial charge in [-0.2, -0.15) is 0 Å². The minimum absolute atomic E-state index is 0.333. The minimum atomic E-state index is -1.37. The first-order valence-electron chi connectivity index (χ1n) is 12.1. The van der Waals surface area contributed by atoms with Crippen molar-refractivity contribution in [3.63, 3.8) is 0 Å². The first kappa shape index (κ1) is 30.4. The zero-order valence-electron chi connectivity index (χ0n) is 22.4. The van der Waals surface area contributed by atoms with Crippen LogP contribution in [0.3, 0.4) is 0 Å². The van der Waals surface area contributed by atoms with Gasteiger partial charge >= 0.3 is 8.43 Å². The normalized spacial score (nSPS) is 17.2. The van der Waals surface area contributed by atoms with Crippen molar-refractivity contribution in [2.24, 2.45) is 11.7 Å². The number of nitrogens with two attached hydrogens (primary N) is 1. The van der Waals surface area contributed by atoms with E-state index in [0.29, 0.717) is 30.2 Å². The SMILES string of the molecule is CC(C)C[SiH]1N(C(C)C)C=CN1C(C)C.CC(C)N.CC(C)N1C=CN(C(C)C)[SiH]1Cl. The highest BCUT2D eigenvalue weighted by Crippen LogP contribution is 2.24. The molecule has 31 heavy (non-hydrogen) atoms. The van der Waals surface area contributed by atoms with E-state index in [1.807, 2.05) is 13.8 Å². The summed E-state index contributed by atoms with van der Waals surface area (Å²) in [7, 11) is -2.30. The number of rotatable bonds is 6. The summed E-state index contributed by atoms with van der Waals surface area (Å²) in [6, 6.07) is 4.07. The Balaban J connectivity index is 0.000000504. The lowest BCUT2D eigenvalue weighted by atomic mass is 10.3. The zero-order valence-corrected chi connectivity index (χ0v) is 25.4. The van der Waals surface area contributed by atoms with E-state index in [4.69, 9.17) is 16.8 Å². The van der Waals surface area contributed by atoms with Crippen LogP contribution < -0.4 is 5.73 Å². The van der Waals surface area contributed by atoms with Crippen LogP contribution in [0.25, 0.3) is 0 Å².